The van der Waals surface area contributed by atoms with Gasteiger partial charge in [-0.3, -0.25) is 0 Å². The maximum atomic E-state index is 10.2. The van der Waals surface area contributed by atoms with Gasteiger partial charge in [-0.05, 0) is 53.4 Å². The maximum Gasteiger partial charge on any atom is 0.0819 e. The molecule has 0 aliphatic carbocycles. The van der Waals surface area contributed by atoms with Crippen LogP contribution in [0.3, 0.4) is 0 Å². The summed E-state index contributed by atoms with van der Waals surface area (Å²) < 4.78 is 0. The first-order valence-corrected chi connectivity index (χ1v) is 17.9. The largest absolute Gasteiger partial charge is 0.550 e. The molecule has 0 radical (unpaired) electrons. The number of carbonyl (C=O) groups is 1. The molecule has 0 aromatic carbocycles. The van der Waals surface area contributed by atoms with Crippen LogP contribution >= 0.6 is 0 Å². The Hall–Kier alpha value is -0.570. The quantitative estimate of drug-likeness (QED) is 0.0937. The lowest BCUT2D eigenvalue weighted by molar-refractivity contribution is -0.942. The van der Waals surface area contributed by atoms with Gasteiger partial charge in [0.15, 0.2) is 0 Å². The number of carboxylic acid groups (broad SMARTS) is 1. The van der Waals surface area contributed by atoms with Crippen molar-refractivity contribution >= 4 is 5.97 Å². The highest BCUT2D eigenvalue weighted by molar-refractivity contribution is 5.64. The van der Waals surface area contributed by atoms with Gasteiger partial charge >= 0.3 is 0 Å². The minimum Gasteiger partial charge on any atom is -0.550 e. The number of rotatable bonds is 29. The van der Waals surface area contributed by atoms with Gasteiger partial charge in [-0.1, -0.05) is 155 Å². The summed E-state index contributed by atoms with van der Waals surface area (Å²) in [5, 5.41) is 10.2. The minimum absolute atomic E-state index is 0.234. The second-order valence-electron chi connectivity index (χ2n) is 12.9. The summed E-state index contributed by atoms with van der Waals surface area (Å²) in [7, 11) is 0. The Bertz CT molecular complexity index is 455. The van der Waals surface area contributed by atoms with E-state index in [0.29, 0.717) is 0 Å². The molecule has 0 spiro atoms. The third-order valence-electron chi connectivity index (χ3n) is 8.29. The highest BCUT2D eigenvalue weighted by Gasteiger charge is 2.15. The van der Waals surface area contributed by atoms with Crippen LogP contribution < -0.4 is 10.0 Å². The van der Waals surface area contributed by atoms with Gasteiger partial charge in [0, 0.05) is 5.97 Å². The molecule has 0 unspecified atom stereocenters. The van der Waals surface area contributed by atoms with E-state index in [1.165, 1.54) is 154 Å². The Balaban J connectivity index is 0. The smallest absolute Gasteiger partial charge is 0.0819 e. The highest BCUT2D eigenvalue weighted by atomic mass is 16.4. The summed E-state index contributed by atoms with van der Waals surface area (Å²) in [5.41, 5.74) is 0. The number of hydrogen-bond donors (Lipinski definition) is 1. The lowest BCUT2D eigenvalue weighted by Crippen LogP contribution is -3.17. The van der Waals surface area contributed by atoms with Crippen molar-refractivity contribution < 1.29 is 14.8 Å². The molecule has 236 valence electrons. The zero-order valence-corrected chi connectivity index (χ0v) is 28.1. The third kappa shape index (κ3) is 35.4. The van der Waals surface area contributed by atoms with Crippen LogP contribution in [0.2, 0.25) is 0 Å². The van der Waals surface area contributed by atoms with E-state index in [-0.39, 0.29) is 6.42 Å². The second-order valence-corrected chi connectivity index (χ2v) is 12.9. The average Bonchev–Trinajstić information content (AvgIpc) is 2.89. The van der Waals surface area contributed by atoms with Gasteiger partial charge in [0.2, 0.25) is 0 Å². The van der Waals surface area contributed by atoms with Gasteiger partial charge < -0.3 is 14.8 Å². The molecule has 0 saturated heterocycles. The first-order chi connectivity index (χ1) is 18.9. The molecule has 3 nitrogen and oxygen atoms in total. The Morgan fingerprint density at radius 3 is 0.974 bits per heavy atom. The summed E-state index contributed by atoms with van der Waals surface area (Å²) in [5.74, 6) is -0.903. The number of unbranched alkanes of at least 4 members (excludes halogenated alkanes) is 23. The Morgan fingerprint density at radius 2 is 0.718 bits per heavy atom. The lowest BCUT2D eigenvalue weighted by Gasteiger charge is -2.27. The van der Waals surface area contributed by atoms with Crippen molar-refractivity contribution in [3.05, 3.63) is 0 Å². The van der Waals surface area contributed by atoms with E-state index in [9.17, 15) is 9.90 Å². The number of carboxylic acids is 1. The van der Waals surface area contributed by atoms with E-state index in [1.807, 2.05) is 0 Å². The number of aliphatic carboxylic acids is 1. The van der Waals surface area contributed by atoms with E-state index in [0.717, 1.165) is 24.9 Å². The van der Waals surface area contributed by atoms with E-state index in [2.05, 4.69) is 41.5 Å². The topological polar surface area (TPSA) is 44.6 Å². The minimum atomic E-state index is -0.903. The van der Waals surface area contributed by atoms with Gasteiger partial charge in [0.1, 0.15) is 0 Å². The summed E-state index contributed by atoms with van der Waals surface area (Å²) in [6.07, 6.45) is 34.3. The van der Waals surface area contributed by atoms with Crippen LogP contribution in [0.4, 0.5) is 0 Å². The molecule has 0 aliphatic heterocycles. The molecule has 0 rings (SSSR count). The van der Waals surface area contributed by atoms with E-state index >= 15 is 0 Å². The molecule has 0 fully saturated rings. The molecule has 1 N–H and O–H groups in total. The summed E-state index contributed by atoms with van der Waals surface area (Å²) >= 11 is 0. The van der Waals surface area contributed by atoms with Gasteiger partial charge in [0.25, 0.3) is 0 Å². The van der Waals surface area contributed by atoms with Crippen molar-refractivity contribution in [3.63, 3.8) is 0 Å². The zero-order chi connectivity index (χ0) is 29.4. The van der Waals surface area contributed by atoms with Crippen molar-refractivity contribution in [2.45, 2.75) is 221 Å². The summed E-state index contributed by atoms with van der Waals surface area (Å²) in [6, 6.07) is 1.55. The van der Waals surface area contributed by atoms with E-state index in [1.54, 1.807) is 4.90 Å². The molecule has 0 heterocycles. The molecular formula is C36H75NO2. The molecule has 0 amide bonds. The Morgan fingerprint density at radius 1 is 0.462 bits per heavy atom. The molecular weight excluding hydrogens is 478 g/mol. The molecule has 0 aromatic heterocycles. The van der Waals surface area contributed by atoms with Crippen LogP contribution in [-0.4, -0.2) is 24.6 Å². The van der Waals surface area contributed by atoms with Crippen molar-refractivity contribution in [1.82, 2.24) is 0 Å². The van der Waals surface area contributed by atoms with Gasteiger partial charge in [-0.15, -0.1) is 0 Å². The predicted molar refractivity (Wildman–Crippen MR) is 172 cm³/mol. The fourth-order valence-corrected chi connectivity index (χ4v) is 5.70. The standard InChI is InChI=1S/C18H39N.C18H36O2/c1-6-7-8-9-10-11-12-13-14-15-16-19(17(2)3)18(4)5;1-2-3-4-5-6-7-8-9-10-11-12-13-14-15-16-17-18(19)20/h17-18H,6-16H2,1-5H3;2-17H2,1H3,(H,19,20). The van der Waals surface area contributed by atoms with Crippen molar-refractivity contribution in [1.29, 1.82) is 0 Å². The van der Waals surface area contributed by atoms with Gasteiger partial charge in [0.05, 0.1) is 18.6 Å². The van der Waals surface area contributed by atoms with Crippen LogP contribution in [0, 0.1) is 0 Å². The monoisotopic (exact) mass is 554 g/mol. The van der Waals surface area contributed by atoms with Crippen LogP contribution in [0.5, 0.6) is 0 Å². The molecule has 0 atom stereocenters. The van der Waals surface area contributed by atoms with Crippen LogP contribution in [0.15, 0.2) is 0 Å². The zero-order valence-electron chi connectivity index (χ0n) is 28.1. The number of hydrogen-bond acceptors (Lipinski definition) is 2. The highest BCUT2D eigenvalue weighted by Crippen LogP contribution is 2.14. The van der Waals surface area contributed by atoms with Crippen LogP contribution in [-0.2, 0) is 4.79 Å². The first kappa shape index (κ1) is 40.6. The molecule has 0 bridgehead atoms. The van der Waals surface area contributed by atoms with Crippen LogP contribution in [0.1, 0.15) is 208 Å². The lowest BCUT2D eigenvalue weighted by atomic mass is 10.0. The average molecular weight is 554 g/mol. The number of nitrogens with one attached hydrogen (secondary N) is 1. The van der Waals surface area contributed by atoms with Crippen molar-refractivity contribution in [3.8, 4) is 0 Å². The molecule has 3 heteroatoms. The van der Waals surface area contributed by atoms with Crippen LogP contribution in [0.25, 0.3) is 0 Å². The maximum absolute atomic E-state index is 10.2. The van der Waals surface area contributed by atoms with E-state index in [4.69, 9.17) is 0 Å². The fraction of sp³-hybridized carbons (Fsp3) is 0.972. The Kier molecular flexibility index (Phi) is 35.0. The molecule has 0 aliphatic rings. The van der Waals surface area contributed by atoms with Gasteiger partial charge in [-0.2, -0.15) is 0 Å². The number of carbonyl (C=O) groups excluding carboxylic acids is 1. The van der Waals surface area contributed by atoms with Crippen molar-refractivity contribution in [2.24, 2.45) is 0 Å². The molecule has 39 heavy (non-hydrogen) atoms. The second kappa shape index (κ2) is 33.6. The molecule has 0 saturated carbocycles. The third-order valence-corrected chi connectivity index (χ3v) is 8.29. The van der Waals surface area contributed by atoms with Crippen molar-refractivity contribution in [2.75, 3.05) is 6.54 Å². The SMILES string of the molecule is CCCCCCCCCCCCCCCCCC(=O)[O-].CCCCCCCCCCCC[NH+](C(C)C)C(C)C. The number of quaternary nitrogens is 1. The fourth-order valence-electron chi connectivity index (χ4n) is 5.70. The Labute approximate surface area is 247 Å². The van der Waals surface area contributed by atoms with Gasteiger partial charge in [-0.25, -0.2) is 0 Å². The van der Waals surface area contributed by atoms with E-state index < -0.39 is 5.97 Å². The summed E-state index contributed by atoms with van der Waals surface area (Å²) in [6.45, 7) is 15.3. The normalized spacial score (nSPS) is 11.4. The summed E-state index contributed by atoms with van der Waals surface area (Å²) in [4.78, 5) is 12.0. The molecule has 0 aromatic rings. The first-order valence-electron chi connectivity index (χ1n) is 17.9. The predicted octanol–water partition coefficient (Wildman–Crippen LogP) is 9.61.